The SMILES string of the molecule is C/C=C/c1cc(OP2n3c(c(OC)c4ccccc43)Cc3c(OC)c4ccccc4n32)c(-c2cc(/C=C/C)ccc2OP2N3C4C=CC=CC4=C(OC)C3CC3C(OC)=C4C=CC=CC4N32)c(OP2n3c(c(OC)c4ccccc43)Cc3c(OC)c4ccccc4n32)c1. The minimum Gasteiger partial charge on any atom is -0.499 e. The molecular formula is C75H67N6O9P3. The van der Waals surface area contributed by atoms with Crippen molar-refractivity contribution in [2.24, 2.45) is 0 Å². The van der Waals surface area contributed by atoms with E-state index in [1.807, 2.05) is 6.92 Å². The van der Waals surface area contributed by atoms with Crippen LogP contribution < -0.4 is 32.5 Å². The molecule has 1 saturated heterocycles. The first kappa shape index (κ1) is 57.7. The Hall–Kier alpha value is -9.19. The number of hydrogen-bond donors (Lipinski definition) is 0. The van der Waals surface area contributed by atoms with Gasteiger partial charge >= 0.3 is 16.9 Å². The number of rotatable bonds is 15. The molecule has 1 fully saturated rings. The Bertz CT molecular complexity index is 4590. The van der Waals surface area contributed by atoms with Crippen LogP contribution in [-0.4, -0.2) is 93.5 Å². The molecule has 17 rings (SSSR count). The van der Waals surface area contributed by atoms with E-state index >= 15 is 0 Å². The van der Waals surface area contributed by atoms with Crippen molar-refractivity contribution in [3.63, 3.8) is 0 Å². The van der Waals surface area contributed by atoms with Gasteiger partial charge in [0.1, 0.15) is 51.8 Å². The lowest BCUT2D eigenvalue weighted by Crippen LogP contribution is -2.51. The first-order valence-corrected chi connectivity index (χ1v) is 34.8. The molecule has 466 valence electrons. The Morgan fingerprint density at radius 3 is 1.18 bits per heavy atom. The van der Waals surface area contributed by atoms with Gasteiger partial charge in [-0.3, -0.25) is 17.4 Å². The van der Waals surface area contributed by atoms with Gasteiger partial charge in [0.15, 0.2) is 0 Å². The molecule has 0 spiro atoms. The molecule has 15 nitrogen and oxygen atoms in total. The number of aromatic nitrogens is 4. The number of allylic oxidation sites excluding steroid dienone is 6. The van der Waals surface area contributed by atoms with Gasteiger partial charge in [-0.05, 0) is 104 Å². The quantitative estimate of drug-likeness (QED) is 0.0915. The van der Waals surface area contributed by atoms with Gasteiger partial charge < -0.3 is 42.0 Å². The van der Waals surface area contributed by atoms with Gasteiger partial charge in [-0.2, -0.15) is 0 Å². The van der Waals surface area contributed by atoms with Crippen LogP contribution in [0.1, 0.15) is 54.2 Å². The fourth-order valence-electron chi connectivity index (χ4n) is 15.5. The molecular weight excluding hydrogens is 1220 g/mol. The van der Waals surface area contributed by atoms with Crippen molar-refractivity contribution in [2.45, 2.75) is 57.3 Å². The molecule has 6 aromatic carbocycles. The number of methoxy groups -OCH3 is 6. The highest BCUT2D eigenvalue weighted by Gasteiger charge is 2.59. The summed E-state index contributed by atoms with van der Waals surface area (Å²) < 4.78 is 78.2. The number of para-hydroxylation sites is 4. The van der Waals surface area contributed by atoms with Crippen LogP contribution in [-0.2, 0) is 22.3 Å². The van der Waals surface area contributed by atoms with Gasteiger partial charge in [-0.25, -0.2) is 9.34 Å². The van der Waals surface area contributed by atoms with Crippen LogP contribution in [0, 0.1) is 0 Å². The molecule has 18 heteroatoms. The van der Waals surface area contributed by atoms with Crippen molar-refractivity contribution in [1.82, 2.24) is 26.7 Å². The fraction of sp³-hybridized carbons (Fsp3) is 0.200. The zero-order valence-electron chi connectivity index (χ0n) is 52.7. The Kier molecular flexibility index (Phi) is 14.2. The van der Waals surface area contributed by atoms with E-state index in [1.54, 1.807) is 42.7 Å². The molecule has 93 heavy (non-hydrogen) atoms. The first-order valence-electron chi connectivity index (χ1n) is 31.3. The van der Waals surface area contributed by atoms with Gasteiger partial charge in [0.2, 0.25) is 0 Å². The molecule has 4 atom stereocenters. The molecule has 0 radical (unpaired) electrons. The summed E-state index contributed by atoms with van der Waals surface area (Å²) in [4.78, 5) is 0. The third-order valence-corrected chi connectivity index (χ3v) is 25.2. The lowest BCUT2D eigenvalue weighted by Gasteiger charge is -2.49. The molecule has 4 unspecified atom stereocenters. The van der Waals surface area contributed by atoms with E-state index < -0.39 is 25.3 Å². The van der Waals surface area contributed by atoms with Crippen LogP contribution in [0.4, 0.5) is 0 Å². The smallest absolute Gasteiger partial charge is 0.319 e. The van der Waals surface area contributed by atoms with Crippen LogP contribution in [0.5, 0.6) is 40.2 Å². The molecule has 10 aromatic rings. The zero-order valence-corrected chi connectivity index (χ0v) is 55.4. The number of hydrogen-bond acceptors (Lipinski definition) is 11. The van der Waals surface area contributed by atoms with Gasteiger partial charge in [-0.1, -0.05) is 128 Å². The molecule has 0 N–H and O–H groups in total. The molecule has 2 aliphatic carbocycles. The fourth-order valence-corrected chi connectivity index (χ4v) is 22.2. The highest BCUT2D eigenvalue weighted by atomic mass is 31.2. The summed E-state index contributed by atoms with van der Waals surface area (Å²) in [6.45, 7) is 4.10. The zero-order chi connectivity index (χ0) is 62.9. The van der Waals surface area contributed by atoms with Crippen LogP contribution in [0.25, 0.3) is 66.9 Å². The van der Waals surface area contributed by atoms with E-state index in [-0.39, 0.29) is 24.2 Å². The number of benzene rings is 6. The minimum atomic E-state index is -1.90. The Morgan fingerprint density at radius 1 is 0.409 bits per heavy atom. The van der Waals surface area contributed by atoms with E-state index in [2.05, 4.69) is 234 Å². The van der Waals surface area contributed by atoms with E-state index in [0.717, 1.165) is 135 Å². The van der Waals surface area contributed by atoms with E-state index in [4.69, 9.17) is 42.0 Å². The molecule has 9 heterocycles. The van der Waals surface area contributed by atoms with Crippen LogP contribution in [0.15, 0.2) is 211 Å². The average Bonchev–Trinajstić information content (AvgIpc) is 1.58. The lowest BCUT2D eigenvalue weighted by molar-refractivity contribution is 0.140. The third kappa shape index (κ3) is 8.53. The Labute approximate surface area is 543 Å². The van der Waals surface area contributed by atoms with Crippen molar-refractivity contribution >= 4 is 81.1 Å². The molecule has 7 aliphatic rings. The van der Waals surface area contributed by atoms with Crippen molar-refractivity contribution in [3.05, 3.63) is 245 Å². The van der Waals surface area contributed by atoms with Crippen molar-refractivity contribution in [3.8, 4) is 51.4 Å². The molecule has 5 aliphatic heterocycles. The largest absolute Gasteiger partial charge is 0.499 e. The average molecular weight is 1290 g/mol. The van der Waals surface area contributed by atoms with Gasteiger partial charge in [0, 0.05) is 51.1 Å². The van der Waals surface area contributed by atoms with Crippen molar-refractivity contribution in [1.29, 1.82) is 0 Å². The molecule has 0 amide bonds. The second-order valence-corrected chi connectivity index (χ2v) is 28.3. The molecule has 0 bridgehead atoms. The minimum absolute atomic E-state index is 0.123. The summed E-state index contributed by atoms with van der Waals surface area (Å²) in [5.74, 6) is 6.86. The van der Waals surface area contributed by atoms with E-state index in [1.165, 1.54) is 0 Å². The van der Waals surface area contributed by atoms with Crippen LogP contribution in [0.3, 0.4) is 0 Å². The lowest BCUT2D eigenvalue weighted by atomic mass is 9.98. The maximum absolute atomic E-state index is 8.30. The number of nitrogens with zero attached hydrogens (tertiary/aromatic N) is 6. The topological polar surface area (TPSA) is 109 Å². The predicted octanol–water partition coefficient (Wildman–Crippen LogP) is 17.7. The van der Waals surface area contributed by atoms with Crippen LogP contribution >= 0.6 is 25.3 Å². The molecule has 0 saturated carbocycles. The number of fused-ring (bicyclic) bond motifs is 18. The second-order valence-electron chi connectivity index (χ2n) is 23.7. The highest BCUT2D eigenvalue weighted by molar-refractivity contribution is 7.51. The maximum Gasteiger partial charge on any atom is 0.319 e. The summed E-state index contributed by atoms with van der Waals surface area (Å²) in [7, 11) is 5.13. The highest BCUT2D eigenvalue weighted by Crippen LogP contribution is 2.67. The van der Waals surface area contributed by atoms with E-state index in [0.29, 0.717) is 35.7 Å². The molecule has 4 aromatic heterocycles. The van der Waals surface area contributed by atoms with Gasteiger partial charge in [0.25, 0.3) is 8.45 Å². The van der Waals surface area contributed by atoms with Gasteiger partial charge in [0.05, 0.1) is 117 Å². The van der Waals surface area contributed by atoms with Crippen LogP contribution in [0.2, 0.25) is 0 Å². The standard InChI is InChI=1S/C75H67N6O9P3/c1-9-23-45-37-38-66(88-91-76-54-31-17-11-25-47(54)70(82-3)60(76)42-61-71(83-4)48-26-12-18-32-55(48)77(61)91)53(39-45)69-67(89-92-78-56-33-19-13-27-49(56)72(84-5)62(78)43-63-73(85-6)50-28-14-20-34-57(50)79(63)92)40-46(24-10-2)41-68(69)90-93-80-58-35-21-15-29-51(58)74(86-7)64(80)44-65-75(87-8)52-30-16-22-36-59(52)81(65)93/h9-41,54-55,60-61H,42-44H2,1-8H3/b23-9+,24-10+. The normalized spacial score (nSPS) is 20.6. The monoisotopic (exact) mass is 1290 g/mol. The number of ether oxygens (including phenoxy) is 6. The van der Waals surface area contributed by atoms with Gasteiger partial charge in [-0.15, -0.1) is 0 Å². The Morgan fingerprint density at radius 2 is 0.796 bits per heavy atom. The summed E-state index contributed by atoms with van der Waals surface area (Å²) >= 11 is 0. The maximum atomic E-state index is 8.30. The van der Waals surface area contributed by atoms with E-state index in [9.17, 15) is 0 Å². The Balaban J connectivity index is 0.954. The predicted molar refractivity (Wildman–Crippen MR) is 373 cm³/mol. The van der Waals surface area contributed by atoms with Crippen molar-refractivity contribution in [2.75, 3.05) is 42.7 Å². The summed E-state index contributed by atoms with van der Waals surface area (Å²) in [5.41, 5.74) is 13.4. The third-order valence-electron chi connectivity index (χ3n) is 19.0. The first-order chi connectivity index (χ1) is 45.8. The summed E-state index contributed by atoms with van der Waals surface area (Å²) in [5, 5.41) is 3.95. The second kappa shape index (κ2) is 22.8. The summed E-state index contributed by atoms with van der Waals surface area (Å²) in [6.07, 6.45) is 27.7. The summed E-state index contributed by atoms with van der Waals surface area (Å²) in [6, 6.07) is 44.2. The van der Waals surface area contributed by atoms with Crippen molar-refractivity contribution < 1.29 is 42.0 Å².